The van der Waals surface area contributed by atoms with Gasteiger partial charge in [0.2, 0.25) is 21.8 Å². The smallest absolute Gasteiger partial charge is 0.242 e. The number of halogens is 1. The summed E-state index contributed by atoms with van der Waals surface area (Å²) in [6, 6.07) is 15.6. The number of carbonyl (C=O) groups excluding carboxylic acids is 2. The van der Waals surface area contributed by atoms with Crippen molar-refractivity contribution in [2.75, 3.05) is 17.1 Å². The summed E-state index contributed by atoms with van der Waals surface area (Å²) in [7, 11) is -3.54. The Morgan fingerprint density at radius 2 is 1.67 bits per heavy atom. The molecule has 2 amide bonds. The first-order chi connectivity index (χ1) is 17.1. The topological polar surface area (TPSA) is 86.8 Å². The third kappa shape index (κ3) is 8.23. The van der Waals surface area contributed by atoms with Gasteiger partial charge in [-0.2, -0.15) is 0 Å². The number of anilines is 1. The number of sulfonamides is 1. The Hall–Kier alpha value is -2.58. The quantitative estimate of drug-likeness (QED) is 0.451. The molecule has 36 heavy (non-hydrogen) atoms. The molecular weight excluding hydrogens is 498 g/mol. The van der Waals surface area contributed by atoms with Crippen LogP contribution in [0.25, 0.3) is 0 Å². The maximum Gasteiger partial charge on any atom is 0.242 e. The van der Waals surface area contributed by atoms with Gasteiger partial charge in [-0.3, -0.25) is 13.9 Å². The molecule has 2 aromatic carbocycles. The first-order valence-electron chi connectivity index (χ1n) is 12.5. The number of hydrogen-bond acceptors (Lipinski definition) is 4. The maximum absolute atomic E-state index is 13.4. The summed E-state index contributed by atoms with van der Waals surface area (Å²) in [5.74, 6) is -0.334. The van der Waals surface area contributed by atoms with Gasteiger partial charge in [-0.15, -0.1) is 0 Å². The summed E-state index contributed by atoms with van der Waals surface area (Å²) in [6.07, 6.45) is 6.93. The van der Waals surface area contributed by atoms with Crippen molar-refractivity contribution < 1.29 is 18.0 Å². The molecule has 1 aliphatic carbocycles. The Morgan fingerprint density at radius 3 is 2.28 bits per heavy atom. The van der Waals surface area contributed by atoms with Crippen LogP contribution in [-0.2, 0) is 26.2 Å². The van der Waals surface area contributed by atoms with Gasteiger partial charge >= 0.3 is 0 Å². The molecule has 0 bridgehead atoms. The van der Waals surface area contributed by atoms with E-state index in [0.29, 0.717) is 23.7 Å². The minimum absolute atomic E-state index is 0.119. The van der Waals surface area contributed by atoms with E-state index in [-0.39, 0.29) is 30.8 Å². The van der Waals surface area contributed by atoms with Crippen LogP contribution in [0.2, 0.25) is 5.02 Å². The second kappa shape index (κ2) is 13.1. The molecule has 0 aliphatic heterocycles. The summed E-state index contributed by atoms with van der Waals surface area (Å²) >= 11 is 5.94. The Kier molecular flexibility index (Phi) is 10.2. The lowest BCUT2D eigenvalue weighted by Gasteiger charge is -2.31. The second-order valence-electron chi connectivity index (χ2n) is 9.44. The van der Waals surface area contributed by atoms with E-state index in [9.17, 15) is 18.0 Å². The number of nitrogens with one attached hydrogen (secondary N) is 1. The van der Waals surface area contributed by atoms with E-state index in [1.54, 1.807) is 36.1 Å². The largest absolute Gasteiger partial charge is 0.352 e. The standard InChI is InChI=1S/C27H36ClN3O4S/c1-21(27(33)29-24-12-7-4-8-13-24)30(20-22-10-5-3-6-11-22)26(32)14-9-19-31(36(2,34)35)25-17-15-23(28)16-18-25/h3,5-6,10-11,15-18,21,24H,4,7-9,12-14,19-20H2,1-2H3,(H,29,33)/t21-/m0/s1. The molecular formula is C27H36ClN3O4S. The number of amides is 2. The molecule has 1 atom stereocenters. The lowest BCUT2D eigenvalue weighted by Crippen LogP contribution is -2.50. The van der Waals surface area contributed by atoms with Gasteiger partial charge in [0, 0.05) is 30.6 Å². The molecule has 196 valence electrons. The van der Waals surface area contributed by atoms with Gasteiger partial charge in [0.15, 0.2) is 0 Å². The lowest BCUT2D eigenvalue weighted by atomic mass is 9.95. The molecule has 1 saturated carbocycles. The Bertz CT molecular complexity index is 1100. The van der Waals surface area contributed by atoms with E-state index in [4.69, 9.17) is 11.6 Å². The zero-order valence-electron chi connectivity index (χ0n) is 21.0. The zero-order chi connectivity index (χ0) is 26.1. The molecule has 3 rings (SSSR count). The Balaban J connectivity index is 1.68. The van der Waals surface area contributed by atoms with Crippen molar-refractivity contribution in [3.63, 3.8) is 0 Å². The molecule has 1 fully saturated rings. The third-order valence-corrected chi connectivity index (χ3v) is 8.03. The Labute approximate surface area is 219 Å². The minimum Gasteiger partial charge on any atom is -0.352 e. The van der Waals surface area contributed by atoms with Crippen LogP contribution in [0.1, 0.15) is 57.4 Å². The number of carbonyl (C=O) groups is 2. The SMILES string of the molecule is C[C@@H](C(=O)NC1CCCCC1)N(Cc1ccccc1)C(=O)CCCN(c1ccc(Cl)cc1)S(C)(=O)=O. The van der Waals surface area contributed by atoms with Gasteiger partial charge in [-0.1, -0.05) is 61.2 Å². The fourth-order valence-electron chi connectivity index (χ4n) is 4.54. The third-order valence-electron chi connectivity index (χ3n) is 6.58. The highest BCUT2D eigenvalue weighted by Gasteiger charge is 2.28. The summed E-state index contributed by atoms with van der Waals surface area (Å²) in [4.78, 5) is 28.0. The van der Waals surface area contributed by atoms with Crippen molar-refractivity contribution in [2.24, 2.45) is 0 Å². The number of hydrogen-bond donors (Lipinski definition) is 1. The van der Waals surface area contributed by atoms with Crippen LogP contribution in [0.4, 0.5) is 5.69 Å². The Morgan fingerprint density at radius 1 is 1.03 bits per heavy atom. The number of rotatable bonds is 11. The van der Waals surface area contributed by atoms with Crippen molar-refractivity contribution >= 4 is 39.1 Å². The summed E-state index contributed by atoms with van der Waals surface area (Å²) < 4.78 is 26.1. The first kappa shape index (κ1) is 28.0. The van der Waals surface area contributed by atoms with Gasteiger partial charge in [-0.05, 0) is 56.0 Å². The van der Waals surface area contributed by atoms with Gasteiger partial charge < -0.3 is 10.2 Å². The lowest BCUT2D eigenvalue weighted by molar-refractivity contribution is -0.141. The molecule has 0 spiro atoms. The maximum atomic E-state index is 13.4. The number of benzene rings is 2. The molecule has 0 heterocycles. The predicted molar refractivity (Wildman–Crippen MR) is 144 cm³/mol. The van der Waals surface area contributed by atoms with Crippen LogP contribution in [0.15, 0.2) is 54.6 Å². The zero-order valence-corrected chi connectivity index (χ0v) is 22.6. The normalized spacial score (nSPS) is 15.2. The molecule has 1 aliphatic rings. The minimum atomic E-state index is -3.54. The molecule has 0 aromatic heterocycles. The predicted octanol–water partition coefficient (Wildman–Crippen LogP) is 4.75. The van der Waals surface area contributed by atoms with E-state index < -0.39 is 16.1 Å². The van der Waals surface area contributed by atoms with Gasteiger partial charge in [0.05, 0.1) is 11.9 Å². The molecule has 0 saturated heterocycles. The van der Waals surface area contributed by atoms with Crippen molar-refractivity contribution in [3.05, 3.63) is 65.2 Å². The van der Waals surface area contributed by atoms with Crippen LogP contribution >= 0.6 is 11.6 Å². The van der Waals surface area contributed by atoms with Crippen LogP contribution in [0, 0.1) is 0 Å². The molecule has 7 nitrogen and oxygen atoms in total. The van der Waals surface area contributed by atoms with E-state index in [1.165, 1.54) is 10.7 Å². The molecule has 2 aromatic rings. The average Bonchev–Trinajstić information content (AvgIpc) is 2.86. The second-order valence-corrected chi connectivity index (χ2v) is 11.8. The van der Waals surface area contributed by atoms with Gasteiger partial charge in [0.25, 0.3) is 0 Å². The van der Waals surface area contributed by atoms with Crippen LogP contribution < -0.4 is 9.62 Å². The monoisotopic (exact) mass is 533 g/mol. The fraction of sp³-hybridized carbons (Fsp3) is 0.481. The molecule has 1 N–H and O–H groups in total. The van der Waals surface area contributed by atoms with E-state index >= 15 is 0 Å². The highest BCUT2D eigenvalue weighted by molar-refractivity contribution is 7.92. The average molecular weight is 534 g/mol. The fourth-order valence-corrected chi connectivity index (χ4v) is 5.63. The van der Waals surface area contributed by atoms with Crippen molar-refractivity contribution in [3.8, 4) is 0 Å². The van der Waals surface area contributed by atoms with Crippen LogP contribution in [0.5, 0.6) is 0 Å². The van der Waals surface area contributed by atoms with E-state index in [0.717, 1.165) is 37.5 Å². The summed E-state index contributed by atoms with van der Waals surface area (Å²) in [5, 5.41) is 3.64. The van der Waals surface area contributed by atoms with Gasteiger partial charge in [-0.25, -0.2) is 8.42 Å². The summed E-state index contributed by atoms with van der Waals surface area (Å²) in [5.41, 5.74) is 1.43. The summed E-state index contributed by atoms with van der Waals surface area (Å²) in [6.45, 7) is 2.22. The molecule has 9 heteroatoms. The van der Waals surface area contributed by atoms with Crippen molar-refractivity contribution in [1.82, 2.24) is 10.2 Å². The molecule has 0 unspecified atom stereocenters. The van der Waals surface area contributed by atoms with Gasteiger partial charge in [0.1, 0.15) is 6.04 Å². The molecule has 0 radical (unpaired) electrons. The first-order valence-corrected chi connectivity index (χ1v) is 14.7. The van der Waals surface area contributed by atoms with E-state index in [2.05, 4.69) is 5.32 Å². The highest BCUT2D eigenvalue weighted by Crippen LogP contribution is 2.22. The highest BCUT2D eigenvalue weighted by atomic mass is 35.5. The van der Waals surface area contributed by atoms with Crippen molar-refractivity contribution in [2.45, 2.75) is 70.5 Å². The number of nitrogens with zero attached hydrogens (tertiary/aromatic N) is 2. The van der Waals surface area contributed by atoms with Crippen molar-refractivity contribution in [1.29, 1.82) is 0 Å². The van der Waals surface area contributed by atoms with E-state index in [1.807, 2.05) is 30.3 Å². The van der Waals surface area contributed by atoms with Crippen LogP contribution in [0.3, 0.4) is 0 Å². The van der Waals surface area contributed by atoms with Crippen LogP contribution in [-0.4, -0.2) is 50.0 Å².